The van der Waals surface area contributed by atoms with Gasteiger partial charge in [-0.05, 0) is 18.1 Å². The Kier molecular flexibility index (Phi) is 2.46. The standard InChI is InChI=1S/C12H14N2O/c1-3-8-9-6-4-5-7-10(9)14-11(8)12(15)13-2/h4-7,14H,3H2,1-2H3,(H,13,15). The number of fused-ring (bicyclic) bond motifs is 1. The maximum atomic E-state index is 11.6. The Balaban J connectivity index is 2.69. The first-order valence-electron chi connectivity index (χ1n) is 5.09. The fraction of sp³-hybridized carbons (Fsp3) is 0.250. The van der Waals surface area contributed by atoms with Gasteiger partial charge in [0.05, 0.1) is 0 Å². The van der Waals surface area contributed by atoms with E-state index in [0.717, 1.165) is 22.9 Å². The van der Waals surface area contributed by atoms with Crippen LogP contribution in [0.4, 0.5) is 0 Å². The number of aryl methyl sites for hydroxylation is 1. The van der Waals surface area contributed by atoms with Crippen molar-refractivity contribution in [3.05, 3.63) is 35.5 Å². The number of rotatable bonds is 2. The molecule has 0 saturated heterocycles. The Hall–Kier alpha value is -1.77. The maximum absolute atomic E-state index is 11.6. The summed E-state index contributed by atoms with van der Waals surface area (Å²) >= 11 is 0. The Morgan fingerprint density at radius 1 is 1.40 bits per heavy atom. The molecule has 0 aliphatic heterocycles. The van der Waals surface area contributed by atoms with Crippen molar-refractivity contribution in [3.8, 4) is 0 Å². The van der Waals surface area contributed by atoms with Crippen molar-refractivity contribution in [2.45, 2.75) is 13.3 Å². The number of hydrogen-bond donors (Lipinski definition) is 2. The summed E-state index contributed by atoms with van der Waals surface area (Å²) in [7, 11) is 1.65. The van der Waals surface area contributed by atoms with Crippen molar-refractivity contribution in [2.75, 3.05) is 7.05 Å². The van der Waals surface area contributed by atoms with Crippen LogP contribution in [-0.2, 0) is 6.42 Å². The van der Waals surface area contributed by atoms with Gasteiger partial charge in [-0.2, -0.15) is 0 Å². The van der Waals surface area contributed by atoms with Gasteiger partial charge in [-0.15, -0.1) is 0 Å². The van der Waals surface area contributed by atoms with E-state index in [-0.39, 0.29) is 5.91 Å². The third kappa shape index (κ3) is 1.50. The molecule has 3 nitrogen and oxygen atoms in total. The molecule has 3 heteroatoms. The summed E-state index contributed by atoms with van der Waals surface area (Å²) in [6.45, 7) is 2.06. The van der Waals surface area contributed by atoms with Crippen LogP contribution in [0.15, 0.2) is 24.3 Å². The quantitative estimate of drug-likeness (QED) is 0.769. The van der Waals surface area contributed by atoms with Crippen LogP contribution in [-0.4, -0.2) is 17.9 Å². The van der Waals surface area contributed by atoms with Crippen molar-refractivity contribution in [1.29, 1.82) is 0 Å². The lowest BCUT2D eigenvalue weighted by molar-refractivity contribution is 0.0958. The van der Waals surface area contributed by atoms with Gasteiger partial charge in [0.2, 0.25) is 0 Å². The summed E-state index contributed by atoms with van der Waals surface area (Å²) in [5, 5.41) is 3.78. The summed E-state index contributed by atoms with van der Waals surface area (Å²) in [5.74, 6) is -0.0527. The third-order valence-corrected chi connectivity index (χ3v) is 2.62. The highest BCUT2D eigenvalue weighted by Gasteiger charge is 2.14. The topological polar surface area (TPSA) is 44.9 Å². The number of nitrogens with one attached hydrogen (secondary N) is 2. The molecule has 0 atom stereocenters. The number of para-hydroxylation sites is 1. The average molecular weight is 202 g/mol. The first kappa shape index (κ1) is 9.77. The fourth-order valence-electron chi connectivity index (χ4n) is 1.89. The largest absolute Gasteiger partial charge is 0.354 e. The highest BCUT2D eigenvalue weighted by Crippen LogP contribution is 2.22. The number of carbonyl (C=O) groups is 1. The summed E-state index contributed by atoms with van der Waals surface area (Å²) in [4.78, 5) is 14.8. The third-order valence-electron chi connectivity index (χ3n) is 2.62. The van der Waals surface area contributed by atoms with Crippen LogP contribution in [0.5, 0.6) is 0 Å². The van der Waals surface area contributed by atoms with E-state index >= 15 is 0 Å². The van der Waals surface area contributed by atoms with Gasteiger partial charge in [0.15, 0.2) is 0 Å². The zero-order chi connectivity index (χ0) is 10.8. The molecule has 0 radical (unpaired) electrons. The minimum absolute atomic E-state index is 0.0527. The first-order valence-corrected chi connectivity index (χ1v) is 5.09. The predicted octanol–water partition coefficient (Wildman–Crippen LogP) is 2.09. The molecule has 2 N–H and O–H groups in total. The van der Waals surface area contributed by atoms with Crippen molar-refractivity contribution < 1.29 is 4.79 Å². The summed E-state index contributed by atoms with van der Waals surface area (Å²) < 4.78 is 0. The van der Waals surface area contributed by atoms with E-state index in [4.69, 9.17) is 0 Å². The number of H-pyrrole nitrogens is 1. The molecule has 1 aromatic heterocycles. The van der Waals surface area contributed by atoms with Crippen molar-refractivity contribution >= 4 is 16.8 Å². The lowest BCUT2D eigenvalue weighted by Gasteiger charge is -1.99. The van der Waals surface area contributed by atoms with Gasteiger partial charge in [0.25, 0.3) is 5.91 Å². The van der Waals surface area contributed by atoms with Gasteiger partial charge < -0.3 is 10.3 Å². The van der Waals surface area contributed by atoms with Crippen LogP contribution in [0.25, 0.3) is 10.9 Å². The molecule has 78 valence electrons. The van der Waals surface area contributed by atoms with Crippen molar-refractivity contribution in [1.82, 2.24) is 10.3 Å². The molecule has 1 amide bonds. The second-order valence-corrected chi connectivity index (χ2v) is 3.46. The fourth-order valence-corrected chi connectivity index (χ4v) is 1.89. The van der Waals surface area contributed by atoms with E-state index in [0.29, 0.717) is 5.69 Å². The monoisotopic (exact) mass is 202 g/mol. The Bertz CT molecular complexity index is 499. The van der Waals surface area contributed by atoms with Crippen LogP contribution < -0.4 is 5.32 Å². The molecule has 0 unspecified atom stereocenters. The lowest BCUT2D eigenvalue weighted by Crippen LogP contribution is -2.19. The maximum Gasteiger partial charge on any atom is 0.267 e. The van der Waals surface area contributed by atoms with E-state index in [9.17, 15) is 4.79 Å². The molecule has 0 saturated carbocycles. The molecular weight excluding hydrogens is 188 g/mol. The van der Waals surface area contributed by atoms with Gasteiger partial charge >= 0.3 is 0 Å². The van der Waals surface area contributed by atoms with E-state index in [1.165, 1.54) is 0 Å². The van der Waals surface area contributed by atoms with Crippen LogP contribution in [0, 0.1) is 0 Å². The average Bonchev–Trinajstić information content (AvgIpc) is 2.66. The number of hydrogen-bond acceptors (Lipinski definition) is 1. The second kappa shape index (κ2) is 3.77. The first-order chi connectivity index (χ1) is 7.27. The van der Waals surface area contributed by atoms with Crippen LogP contribution >= 0.6 is 0 Å². The van der Waals surface area contributed by atoms with Gasteiger partial charge in [-0.3, -0.25) is 4.79 Å². The van der Waals surface area contributed by atoms with Crippen molar-refractivity contribution in [2.24, 2.45) is 0 Å². The number of amides is 1. The summed E-state index contributed by atoms with van der Waals surface area (Å²) in [6, 6.07) is 7.98. The molecule has 0 fully saturated rings. The van der Waals surface area contributed by atoms with E-state index in [2.05, 4.69) is 17.2 Å². The SMILES string of the molecule is CCc1c(C(=O)NC)[nH]c2ccccc12. The minimum Gasteiger partial charge on any atom is -0.354 e. The molecule has 0 aliphatic rings. The number of aromatic nitrogens is 1. The number of benzene rings is 1. The molecule has 15 heavy (non-hydrogen) atoms. The highest BCUT2D eigenvalue weighted by molar-refractivity contribution is 6.00. The Morgan fingerprint density at radius 2 is 2.13 bits per heavy atom. The van der Waals surface area contributed by atoms with Gasteiger partial charge in [0, 0.05) is 18.0 Å². The molecule has 0 bridgehead atoms. The second-order valence-electron chi connectivity index (χ2n) is 3.46. The summed E-state index contributed by atoms with van der Waals surface area (Å²) in [6.07, 6.45) is 0.854. The van der Waals surface area contributed by atoms with E-state index < -0.39 is 0 Å². The van der Waals surface area contributed by atoms with E-state index in [1.807, 2.05) is 24.3 Å². The lowest BCUT2D eigenvalue weighted by atomic mass is 10.1. The van der Waals surface area contributed by atoms with Crippen LogP contribution in [0.3, 0.4) is 0 Å². The van der Waals surface area contributed by atoms with Crippen LogP contribution in [0.1, 0.15) is 23.0 Å². The zero-order valence-corrected chi connectivity index (χ0v) is 8.92. The zero-order valence-electron chi connectivity index (χ0n) is 8.92. The Labute approximate surface area is 88.5 Å². The molecule has 2 aromatic rings. The normalized spacial score (nSPS) is 10.5. The minimum atomic E-state index is -0.0527. The van der Waals surface area contributed by atoms with E-state index in [1.54, 1.807) is 7.05 Å². The highest BCUT2D eigenvalue weighted by atomic mass is 16.1. The number of carbonyl (C=O) groups excluding carboxylic acids is 1. The number of aromatic amines is 1. The smallest absolute Gasteiger partial charge is 0.267 e. The molecule has 1 aromatic carbocycles. The van der Waals surface area contributed by atoms with Gasteiger partial charge in [0.1, 0.15) is 5.69 Å². The molecule has 0 aliphatic carbocycles. The van der Waals surface area contributed by atoms with Crippen LogP contribution in [0.2, 0.25) is 0 Å². The molecular formula is C12H14N2O. The molecule has 0 spiro atoms. The molecule has 2 rings (SSSR count). The predicted molar refractivity (Wildman–Crippen MR) is 61.1 cm³/mol. The van der Waals surface area contributed by atoms with Gasteiger partial charge in [-0.25, -0.2) is 0 Å². The molecule has 1 heterocycles. The Morgan fingerprint density at radius 3 is 2.80 bits per heavy atom. The van der Waals surface area contributed by atoms with Gasteiger partial charge in [-0.1, -0.05) is 25.1 Å². The van der Waals surface area contributed by atoms with Crippen molar-refractivity contribution in [3.63, 3.8) is 0 Å². The summed E-state index contributed by atoms with van der Waals surface area (Å²) in [5.41, 5.74) is 2.79.